The number of benzene rings is 1. The fraction of sp³-hybridized carbons (Fsp3) is 0.533. The van der Waals surface area contributed by atoms with Crippen LogP contribution < -0.4 is 10.6 Å². The zero-order valence-corrected chi connectivity index (χ0v) is 11.8. The number of rotatable bonds is 5. The number of ether oxygens (including phenoxy) is 1. The van der Waals surface area contributed by atoms with Gasteiger partial charge in [0, 0.05) is 13.7 Å². The highest BCUT2D eigenvalue weighted by Gasteiger charge is 2.39. The summed E-state index contributed by atoms with van der Waals surface area (Å²) >= 11 is 0. The molecule has 0 atom stereocenters. The first kappa shape index (κ1) is 14.8. The quantitative estimate of drug-likeness (QED) is 0.752. The number of phenols is 1. The van der Waals surface area contributed by atoms with Crippen molar-refractivity contribution >= 4 is 5.91 Å². The summed E-state index contributed by atoms with van der Waals surface area (Å²) in [6.07, 6.45) is 1.59. The van der Waals surface area contributed by atoms with E-state index in [9.17, 15) is 9.90 Å². The third-order valence-electron chi connectivity index (χ3n) is 3.85. The second-order valence-corrected chi connectivity index (χ2v) is 5.31. The molecule has 0 saturated carbocycles. The molecule has 0 radical (unpaired) electrons. The van der Waals surface area contributed by atoms with Crippen LogP contribution in [0.4, 0.5) is 0 Å². The maximum absolute atomic E-state index is 12.5. The largest absolute Gasteiger partial charge is 0.508 e. The lowest BCUT2D eigenvalue weighted by Crippen LogP contribution is -2.49. The molecule has 5 heteroatoms. The number of carbonyl (C=O) groups is 1. The van der Waals surface area contributed by atoms with Gasteiger partial charge < -0.3 is 20.5 Å². The van der Waals surface area contributed by atoms with E-state index in [1.807, 2.05) is 0 Å². The van der Waals surface area contributed by atoms with Gasteiger partial charge in [-0.1, -0.05) is 12.1 Å². The number of phenolic OH excluding ortho intramolecular Hbond substituents is 1. The lowest BCUT2D eigenvalue weighted by Gasteiger charge is -2.35. The maximum atomic E-state index is 12.5. The Labute approximate surface area is 119 Å². The Kier molecular flexibility index (Phi) is 4.98. The Hall–Kier alpha value is -1.59. The second-order valence-electron chi connectivity index (χ2n) is 5.31. The molecule has 0 unspecified atom stereocenters. The fourth-order valence-electron chi connectivity index (χ4n) is 2.60. The molecule has 20 heavy (non-hydrogen) atoms. The molecule has 1 aliphatic heterocycles. The monoisotopic (exact) mass is 278 g/mol. The smallest absolute Gasteiger partial charge is 0.228 e. The van der Waals surface area contributed by atoms with Crippen LogP contribution in [0.25, 0.3) is 0 Å². The number of methoxy groups -OCH3 is 1. The summed E-state index contributed by atoms with van der Waals surface area (Å²) in [6, 6.07) is 6.86. The summed E-state index contributed by atoms with van der Waals surface area (Å²) in [7, 11) is 1.64. The van der Waals surface area contributed by atoms with Gasteiger partial charge in [-0.2, -0.15) is 0 Å². The van der Waals surface area contributed by atoms with Crippen molar-refractivity contribution in [3.05, 3.63) is 29.8 Å². The number of piperidine rings is 1. The number of aromatic hydroxyl groups is 1. The molecular weight excluding hydrogens is 256 g/mol. The van der Waals surface area contributed by atoms with Crippen molar-refractivity contribution in [3.63, 3.8) is 0 Å². The highest BCUT2D eigenvalue weighted by atomic mass is 16.5. The molecule has 1 heterocycles. The molecule has 1 saturated heterocycles. The molecule has 1 fully saturated rings. The van der Waals surface area contributed by atoms with Gasteiger partial charge in [0.15, 0.2) is 0 Å². The first-order valence-electron chi connectivity index (χ1n) is 6.92. The standard InChI is InChI=1S/C15H22N2O3/c1-20-11-15(6-8-16-9-7-15)14(19)17-10-12-2-4-13(18)5-3-12/h2-5,16,18H,6-11H2,1H3,(H,17,19). The van der Waals surface area contributed by atoms with Crippen molar-refractivity contribution < 1.29 is 14.6 Å². The van der Waals surface area contributed by atoms with Gasteiger partial charge in [0.25, 0.3) is 0 Å². The third-order valence-corrected chi connectivity index (χ3v) is 3.85. The van der Waals surface area contributed by atoms with Crippen LogP contribution in [0.2, 0.25) is 0 Å². The van der Waals surface area contributed by atoms with E-state index in [4.69, 9.17) is 4.74 Å². The van der Waals surface area contributed by atoms with E-state index < -0.39 is 5.41 Å². The van der Waals surface area contributed by atoms with Gasteiger partial charge in [0.2, 0.25) is 5.91 Å². The Balaban J connectivity index is 1.96. The zero-order chi connectivity index (χ0) is 14.4. The Morgan fingerprint density at radius 2 is 2.00 bits per heavy atom. The van der Waals surface area contributed by atoms with Crippen molar-refractivity contribution in [1.29, 1.82) is 0 Å². The average Bonchev–Trinajstić information content (AvgIpc) is 2.47. The molecule has 5 nitrogen and oxygen atoms in total. The van der Waals surface area contributed by atoms with E-state index in [-0.39, 0.29) is 11.7 Å². The number of amides is 1. The molecule has 110 valence electrons. The molecule has 0 spiro atoms. The van der Waals surface area contributed by atoms with Gasteiger partial charge in [-0.3, -0.25) is 4.79 Å². The Morgan fingerprint density at radius 1 is 1.35 bits per heavy atom. The third kappa shape index (κ3) is 3.49. The molecular formula is C15H22N2O3. The summed E-state index contributed by atoms with van der Waals surface area (Å²) in [4.78, 5) is 12.5. The van der Waals surface area contributed by atoms with E-state index >= 15 is 0 Å². The van der Waals surface area contributed by atoms with Crippen LogP contribution in [-0.4, -0.2) is 37.8 Å². The van der Waals surface area contributed by atoms with Gasteiger partial charge in [-0.15, -0.1) is 0 Å². The van der Waals surface area contributed by atoms with Gasteiger partial charge >= 0.3 is 0 Å². The molecule has 1 aromatic carbocycles. The lowest BCUT2D eigenvalue weighted by molar-refractivity contribution is -0.136. The highest BCUT2D eigenvalue weighted by molar-refractivity contribution is 5.83. The van der Waals surface area contributed by atoms with Crippen molar-refractivity contribution in [2.75, 3.05) is 26.8 Å². The van der Waals surface area contributed by atoms with Crippen LogP contribution >= 0.6 is 0 Å². The van der Waals surface area contributed by atoms with Crippen molar-refractivity contribution in [3.8, 4) is 5.75 Å². The topological polar surface area (TPSA) is 70.6 Å². The molecule has 0 aromatic heterocycles. The van der Waals surface area contributed by atoms with Crippen molar-refractivity contribution in [2.45, 2.75) is 19.4 Å². The Morgan fingerprint density at radius 3 is 2.60 bits per heavy atom. The van der Waals surface area contributed by atoms with Gasteiger partial charge in [0.1, 0.15) is 5.75 Å². The van der Waals surface area contributed by atoms with E-state index in [0.717, 1.165) is 31.5 Å². The molecule has 3 N–H and O–H groups in total. The predicted octanol–water partition coefficient (Wildman–Crippen LogP) is 1.02. The van der Waals surface area contributed by atoms with Crippen molar-refractivity contribution in [2.24, 2.45) is 5.41 Å². The fourth-order valence-corrected chi connectivity index (χ4v) is 2.60. The summed E-state index contributed by atoms with van der Waals surface area (Å²) in [5.41, 5.74) is 0.550. The van der Waals surface area contributed by atoms with E-state index in [2.05, 4.69) is 10.6 Å². The molecule has 0 aliphatic carbocycles. The first-order chi connectivity index (χ1) is 9.66. The predicted molar refractivity (Wildman–Crippen MR) is 76.4 cm³/mol. The zero-order valence-electron chi connectivity index (χ0n) is 11.8. The minimum absolute atomic E-state index is 0.0499. The normalized spacial score (nSPS) is 17.6. The van der Waals surface area contributed by atoms with Crippen LogP contribution in [0.5, 0.6) is 5.75 Å². The molecule has 0 bridgehead atoms. The number of hydrogen-bond donors (Lipinski definition) is 3. The second kappa shape index (κ2) is 6.72. The highest BCUT2D eigenvalue weighted by Crippen LogP contribution is 2.29. The molecule has 1 aromatic rings. The van der Waals surface area contributed by atoms with Crippen LogP contribution in [0.3, 0.4) is 0 Å². The summed E-state index contributed by atoms with van der Waals surface area (Å²) in [6.45, 7) is 2.61. The molecule has 1 amide bonds. The van der Waals surface area contributed by atoms with Crippen LogP contribution in [0.1, 0.15) is 18.4 Å². The van der Waals surface area contributed by atoms with E-state index in [1.165, 1.54) is 0 Å². The maximum Gasteiger partial charge on any atom is 0.228 e. The van der Waals surface area contributed by atoms with Crippen LogP contribution in [0, 0.1) is 5.41 Å². The SMILES string of the molecule is COCC1(C(=O)NCc2ccc(O)cc2)CCNCC1. The number of nitrogens with one attached hydrogen (secondary N) is 2. The molecule has 1 aliphatic rings. The summed E-state index contributed by atoms with van der Waals surface area (Å²) in [5.74, 6) is 0.281. The Bertz CT molecular complexity index is 433. The van der Waals surface area contributed by atoms with Crippen LogP contribution in [-0.2, 0) is 16.1 Å². The minimum Gasteiger partial charge on any atom is -0.508 e. The average molecular weight is 278 g/mol. The summed E-state index contributed by atoms with van der Waals surface area (Å²) < 4.78 is 5.25. The number of carbonyl (C=O) groups excluding carboxylic acids is 1. The van der Waals surface area contributed by atoms with Crippen molar-refractivity contribution in [1.82, 2.24) is 10.6 Å². The van der Waals surface area contributed by atoms with E-state index in [0.29, 0.717) is 13.2 Å². The lowest BCUT2D eigenvalue weighted by atomic mass is 9.78. The molecule has 2 rings (SSSR count). The number of hydrogen-bond acceptors (Lipinski definition) is 4. The van der Waals surface area contributed by atoms with Crippen LogP contribution in [0.15, 0.2) is 24.3 Å². The van der Waals surface area contributed by atoms with Gasteiger partial charge in [-0.05, 0) is 43.6 Å². The van der Waals surface area contributed by atoms with Gasteiger partial charge in [-0.25, -0.2) is 0 Å². The first-order valence-corrected chi connectivity index (χ1v) is 6.92. The summed E-state index contributed by atoms with van der Waals surface area (Å²) in [5, 5.41) is 15.5. The van der Waals surface area contributed by atoms with Gasteiger partial charge in [0.05, 0.1) is 12.0 Å². The minimum atomic E-state index is -0.420. The van der Waals surface area contributed by atoms with E-state index in [1.54, 1.807) is 31.4 Å².